The second-order valence-corrected chi connectivity index (χ2v) is 5.55. The van der Waals surface area contributed by atoms with Gasteiger partial charge in [0.15, 0.2) is 5.76 Å². The average molecular weight is 335 g/mol. The third-order valence-corrected chi connectivity index (χ3v) is 3.64. The first-order valence-electron chi connectivity index (χ1n) is 7.54. The molecule has 1 aromatic heterocycles. The third-order valence-electron chi connectivity index (χ3n) is 3.64. The van der Waals surface area contributed by atoms with Gasteiger partial charge in [-0.15, -0.1) is 0 Å². The summed E-state index contributed by atoms with van der Waals surface area (Å²) in [5.74, 6) is -0.526. The van der Waals surface area contributed by atoms with Crippen molar-refractivity contribution < 1.29 is 13.7 Å². The fraction of sp³-hybridized carbons (Fsp3) is 0.105. The summed E-state index contributed by atoms with van der Waals surface area (Å²) in [7, 11) is 1.57. The Bertz CT molecular complexity index is 945. The van der Waals surface area contributed by atoms with Crippen LogP contribution < -0.4 is 0 Å². The molecule has 25 heavy (non-hydrogen) atoms. The van der Waals surface area contributed by atoms with E-state index in [4.69, 9.17) is 9.78 Å². The average Bonchev–Trinajstić information content (AvgIpc) is 3.09. The lowest BCUT2D eigenvalue weighted by molar-refractivity contribution is 0.0771. The lowest BCUT2D eigenvalue weighted by atomic mass is 10.1. The summed E-state index contributed by atoms with van der Waals surface area (Å²) in [6.07, 6.45) is 0. The summed E-state index contributed by atoms with van der Waals surface area (Å²) in [5.41, 5.74) is 1.80. The molecule has 0 aliphatic carbocycles. The van der Waals surface area contributed by atoms with E-state index in [9.17, 15) is 9.18 Å². The normalized spacial score (nSPS) is 10.3. The number of hydrogen-bond donors (Lipinski definition) is 0. The molecule has 3 aromatic rings. The standard InChI is InChI=1S/C19H14FN3O2/c1-23(19(24)15-7-13(11-21)8-16(20)9-15)12-17-10-18(22-25-17)14-5-3-2-4-6-14/h2-10H,12H2,1H3. The van der Waals surface area contributed by atoms with Crippen LogP contribution in [0.4, 0.5) is 4.39 Å². The lowest BCUT2D eigenvalue weighted by Gasteiger charge is -2.15. The quantitative estimate of drug-likeness (QED) is 0.730. The van der Waals surface area contributed by atoms with Crippen molar-refractivity contribution in [3.05, 3.63) is 77.3 Å². The van der Waals surface area contributed by atoms with Crippen molar-refractivity contribution >= 4 is 5.91 Å². The molecule has 1 amide bonds. The van der Waals surface area contributed by atoms with Gasteiger partial charge >= 0.3 is 0 Å². The van der Waals surface area contributed by atoms with Crippen molar-refractivity contribution in [2.75, 3.05) is 7.05 Å². The monoisotopic (exact) mass is 335 g/mol. The number of nitrogens with zero attached hydrogens (tertiary/aromatic N) is 3. The Morgan fingerprint density at radius 3 is 2.72 bits per heavy atom. The maximum absolute atomic E-state index is 13.5. The molecule has 5 nitrogen and oxygen atoms in total. The van der Waals surface area contributed by atoms with Crippen LogP contribution in [0.25, 0.3) is 11.3 Å². The summed E-state index contributed by atoms with van der Waals surface area (Å²) in [6.45, 7) is 0.178. The molecular formula is C19H14FN3O2. The zero-order chi connectivity index (χ0) is 17.8. The van der Waals surface area contributed by atoms with E-state index in [1.165, 1.54) is 11.0 Å². The largest absolute Gasteiger partial charge is 0.359 e. The molecule has 1 heterocycles. The molecule has 0 N–H and O–H groups in total. The molecule has 6 heteroatoms. The van der Waals surface area contributed by atoms with Crippen LogP contribution in [0.1, 0.15) is 21.7 Å². The highest BCUT2D eigenvalue weighted by atomic mass is 19.1. The van der Waals surface area contributed by atoms with E-state index in [0.29, 0.717) is 11.5 Å². The minimum absolute atomic E-state index is 0.0998. The van der Waals surface area contributed by atoms with E-state index in [2.05, 4.69) is 5.16 Å². The predicted octanol–water partition coefficient (Wildman–Crippen LogP) is 3.62. The number of aromatic nitrogens is 1. The lowest BCUT2D eigenvalue weighted by Crippen LogP contribution is -2.26. The first-order valence-corrected chi connectivity index (χ1v) is 7.54. The Labute approximate surface area is 143 Å². The van der Waals surface area contributed by atoms with Gasteiger partial charge in [0, 0.05) is 24.2 Å². The zero-order valence-corrected chi connectivity index (χ0v) is 13.4. The number of benzene rings is 2. The van der Waals surface area contributed by atoms with Crippen molar-refractivity contribution in [2.24, 2.45) is 0 Å². The number of nitriles is 1. The Morgan fingerprint density at radius 1 is 1.24 bits per heavy atom. The molecule has 0 fully saturated rings. The van der Waals surface area contributed by atoms with Gasteiger partial charge in [-0.2, -0.15) is 5.26 Å². The van der Waals surface area contributed by atoms with Gasteiger partial charge < -0.3 is 9.42 Å². The second-order valence-electron chi connectivity index (χ2n) is 5.55. The summed E-state index contributed by atoms with van der Waals surface area (Å²) >= 11 is 0. The maximum atomic E-state index is 13.5. The van der Waals surface area contributed by atoms with Crippen molar-refractivity contribution in [1.82, 2.24) is 10.1 Å². The van der Waals surface area contributed by atoms with Gasteiger partial charge in [-0.05, 0) is 18.2 Å². The highest BCUT2D eigenvalue weighted by molar-refractivity contribution is 5.94. The topological polar surface area (TPSA) is 70.1 Å². The Morgan fingerprint density at radius 2 is 2.00 bits per heavy atom. The van der Waals surface area contributed by atoms with E-state index in [0.717, 1.165) is 17.7 Å². The molecule has 0 atom stereocenters. The first kappa shape index (κ1) is 16.4. The van der Waals surface area contributed by atoms with Crippen LogP contribution in [-0.4, -0.2) is 23.0 Å². The fourth-order valence-corrected chi connectivity index (χ4v) is 2.44. The van der Waals surface area contributed by atoms with Gasteiger partial charge in [0.05, 0.1) is 18.2 Å². The number of carbonyl (C=O) groups excluding carboxylic acids is 1. The molecular weight excluding hydrogens is 321 g/mol. The third kappa shape index (κ3) is 3.72. The van der Waals surface area contributed by atoms with Gasteiger partial charge in [0.25, 0.3) is 5.91 Å². The molecule has 0 radical (unpaired) electrons. The van der Waals surface area contributed by atoms with Crippen LogP contribution >= 0.6 is 0 Å². The Balaban J connectivity index is 1.75. The van der Waals surface area contributed by atoms with E-state index in [1.807, 2.05) is 36.4 Å². The number of rotatable bonds is 4. The minimum Gasteiger partial charge on any atom is -0.359 e. The van der Waals surface area contributed by atoms with Gasteiger partial charge in [-0.3, -0.25) is 4.79 Å². The van der Waals surface area contributed by atoms with Crippen molar-refractivity contribution in [3.63, 3.8) is 0 Å². The van der Waals surface area contributed by atoms with Crippen molar-refractivity contribution in [3.8, 4) is 17.3 Å². The Kier molecular flexibility index (Phi) is 4.57. The molecule has 0 aliphatic rings. The summed E-state index contributed by atoms with van der Waals surface area (Å²) in [4.78, 5) is 13.8. The summed E-state index contributed by atoms with van der Waals surface area (Å²) in [6, 6.07) is 16.7. The smallest absolute Gasteiger partial charge is 0.254 e. The van der Waals surface area contributed by atoms with Gasteiger partial charge in [-0.1, -0.05) is 35.5 Å². The Hall–Kier alpha value is -3.46. The number of amides is 1. The van der Waals surface area contributed by atoms with Crippen molar-refractivity contribution in [1.29, 1.82) is 5.26 Å². The van der Waals surface area contributed by atoms with Crippen LogP contribution in [0.5, 0.6) is 0 Å². The highest BCUT2D eigenvalue weighted by Gasteiger charge is 2.16. The summed E-state index contributed by atoms with van der Waals surface area (Å²) in [5, 5.41) is 12.9. The van der Waals surface area contributed by atoms with Crippen LogP contribution in [0.15, 0.2) is 59.1 Å². The number of halogens is 1. The van der Waals surface area contributed by atoms with E-state index >= 15 is 0 Å². The predicted molar refractivity (Wildman–Crippen MR) is 88.9 cm³/mol. The molecule has 0 saturated heterocycles. The highest BCUT2D eigenvalue weighted by Crippen LogP contribution is 2.20. The van der Waals surface area contributed by atoms with E-state index < -0.39 is 11.7 Å². The van der Waals surface area contributed by atoms with Crippen LogP contribution in [0.2, 0.25) is 0 Å². The van der Waals surface area contributed by atoms with Gasteiger partial charge in [-0.25, -0.2) is 4.39 Å². The molecule has 3 rings (SSSR count). The maximum Gasteiger partial charge on any atom is 0.254 e. The minimum atomic E-state index is -0.623. The molecule has 124 valence electrons. The van der Waals surface area contributed by atoms with E-state index in [1.54, 1.807) is 13.1 Å². The van der Waals surface area contributed by atoms with Crippen molar-refractivity contribution in [2.45, 2.75) is 6.54 Å². The fourth-order valence-electron chi connectivity index (χ4n) is 2.44. The first-order chi connectivity index (χ1) is 12.1. The number of carbonyl (C=O) groups is 1. The molecule has 0 spiro atoms. The van der Waals surface area contributed by atoms with Crippen LogP contribution in [0.3, 0.4) is 0 Å². The number of hydrogen-bond acceptors (Lipinski definition) is 4. The molecule has 0 unspecified atom stereocenters. The summed E-state index contributed by atoms with van der Waals surface area (Å²) < 4.78 is 18.8. The SMILES string of the molecule is CN(Cc1cc(-c2ccccc2)no1)C(=O)c1cc(F)cc(C#N)c1. The van der Waals surface area contributed by atoms with Crippen LogP contribution in [-0.2, 0) is 6.54 Å². The molecule has 0 bridgehead atoms. The molecule has 2 aromatic carbocycles. The second kappa shape index (κ2) is 6.97. The van der Waals surface area contributed by atoms with Crippen LogP contribution in [0, 0.1) is 17.1 Å². The van der Waals surface area contributed by atoms with Gasteiger partial charge in [0.1, 0.15) is 11.5 Å². The zero-order valence-electron chi connectivity index (χ0n) is 13.4. The molecule has 0 aliphatic heterocycles. The van der Waals surface area contributed by atoms with E-state index in [-0.39, 0.29) is 17.7 Å². The molecule has 0 saturated carbocycles. The van der Waals surface area contributed by atoms with Gasteiger partial charge in [0.2, 0.25) is 0 Å².